The molecule has 0 unspecified atom stereocenters. The quantitative estimate of drug-likeness (QED) is 0.913. The Bertz CT molecular complexity index is 632. The fourth-order valence-electron chi connectivity index (χ4n) is 2.77. The zero-order chi connectivity index (χ0) is 14.8. The number of rotatable bonds is 3. The average Bonchev–Trinajstić information content (AvgIpc) is 2.89. The molecule has 1 saturated heterocycles. The van der Waals surface area contributed by atoms with E-state index >= 15 is 0 Å². The first-order valence-electron chi connectivity index (χ1n) is 7.33. The molecular weight excluding hydrogens is 286 g/mol. The number of nitrogens with zero attached hydrogens (tertiary/aromatic N) is 1. The topological polar surface area (TPSA) is 49.9 Å². The number of benzene rings is 1. The third-order valence-corrected chi connectivity index (χ3v) is 4.13. The van der Waals surface area contributed by atoms with Gasteiger partial charge in [-0.25, -0.2) is 0 Å². The first-order chi connectivity index (χ1) is 10.1. The van der Waals surface area contributed by atoms with Gasteiger partial charge in [-0.15, -0.1) is 0 Å². The lowest BCUT2D eigenvalue weighted by atomic mass is 10.0. The third-order valence-electron chi connectivity index (χ3n) is 3.91. The largest absolute Gasteiger partial charge is 0.489 e. The number of nitrogens with one attached hydrogen (secondary N) is 2. The molecule has 1 fully saturated rings. The molecule has 3 rings (SSSR count). The highest BCUT2D eigenvalue weighted by molar-refractivity contribution is 6.31. The molecule has 21 heavy (non-hydrogen) atoms. The molecule has 0 aliphatic carbocycles. The van der Waals surface area contributed by atoms with Gasteiger partial charge in [0.15, 0.2) is 0 Å². The number of halogens is 1. The summed E-state index contributed by atoms with van der Waals surface area (Å²) in [5.74, 6) is 0.915. The molecule has 0 saturated carbocycles. The lowest BCUT2D eigenvalue weighted by molar-refractivity contribution is 0.162. The van der Waals surface area contributed by atoms with Crippen molar-refractivity contribution in [3.05, 3.63) is 34.5 Å². The van der Waals surface area contributed by atoms with Gasteiger partial charge >= 0.3 is 0 Å². The van der Waals surface area contributed by atoms with Crippen LogP contribution in [0.1, 0.15) is 24.0 Å². The Labute approximate surface area is 129 Å². The van der Waals surface area contributed by atoms with E-state index in [1.165, 1.54) is 0 Å². The van der Waals surface area contributed by atoms with E-state index in [9.17, 15) is 0 Å². The molecule has 2 N–H and O–H groups in total. The Kier molecular flexibility index (Phi) is 4.17. The molecule has 0 bridgehead atoms. The molecule has 0 atom stereocenters. The van der Waals surface area contributed by atoms with Gasteiger partial charge in [0.05, 0.1) is 11.9 Å². The number of aromatic amines is 1. The Morgan fingerprint density at radius 3 is 2.62 bits per heavy atom. The monoisotopic (exact) mass is 305 g/mol. The number of hydrogen-bond donors (Lipinski definition) is 2. The summed E-state index contributed by atoms with van der Waals surface area (Å²) in [5, 5.41) is 11.2. The molecule has 0 amide bonds. The van der Waals surface area contributed by atoms with Crippen molar-refractivity contribution in [2.24, 2.45) is 0 Å². The van der Waals surface area contributed by atoms with E-state index in [0.717, 1.165) is 54.1 Å². The van der Waals surface area contributed by atoms with Gasteiger partial charge < -0.3 is 10.1 Å². The van der Waals surface area contributed by atoms with Gasteiger partial charge in [0.2, 0.25) is 0 Å². The molecule has 1 aromatic carbocycles. The summed E-state index contributed by atoms with van der Waals surface area (Å²) < 4.78 is 6.30. The zero-order valence-corrected chi connectivity index (χ0v) is 13.1. The van der Waals surface area contributed by atoms with Gasteiger partial charge in [0.1, 0.15) is 11.9 Å². The number of ether oxygens (including phenoxy) is 1. The predicted molar refractivity (Wildman–Crippen MR) is 85.0 cm³/mol. The fourth-order valence-corrected chi connectivity index (χ4v) is 3.04. The molecule has 112 valence electrons. The van der Waals surface area contributed by atoms with Crippen molar-refractivity contribution in [1.82, 2.24) is 15.5 Å². The van der Waals surface area contributed by atoms with Gasteiger partial charge in [-0.05, 0) is 63.0 Å². The number of piperidine rings is 1. The molecule has 1 aromatic heterocycles. The van der Waals surface area contributed by atoms with Crippen molar-refractivity contribution < 1.29 is 4.74 Å². The molecular formula is C16H20ClN3O. The highest BCUT2D eigenvalue weighted by Gasteiger charge is 2.20. The summed E-state index contributed by atoms with van der Waals surface area (Å²) in [5.41, 5.74) is 4.12. The fraction of sp³-hybridized carbons (Fsp3) is 0.438. The second-order valence-corrected chi connectivity index (χ2v) is 6.03. The number of aromatic nitrogens is 2. The van der Waals surface area contributed by atoms with Gasteiger partial charge in [-0.2, -0.15) is 5.10 Å². The molecule has 2 heterocycles. The summed E-state index contributed by atoms with van der Waals surface area (Å²) in [4.78, 5) is 0. The molecule has 2 aromatic rings. The Hall–Kier alpha value is -1.52. The van der Waals surface area contributed by atoms with E-state index in [0.29, 0.717) is 5.02 Å². The smallest absolute Gasteiger partial charge is 0.132 e. The van der Waals surface area contributed by atoms with Crippen molar-refractivity contribution in [3.63, 3.8) is 0 Å². The minimum atomic E-state index is 0.258. The van der Waals surface area contributed by atoms with Crippen molar-refractivity contribution in [3.8, 4) is 17.0 Å². The summed E-state index contributed by atoms with van der Waals surface area (Å²) >= 11 is 6.23. The van der Waals surface area contributed by atoms with Crippen molar-refractivity contribution in [2.75, 3.05) is 13.1 Å². The first kappa shape index (κ1) is 14.4. The standard InChI is InChI=1S/C16H20ClN3O/c1-10-7-12(17)8-14(15-11(2)9-19-20-15)16(10)21-13-3-5-18-6-4-13/h7-9,13,18H,3-6H2,1-2H3,(H,19,20). The molecule has 5 heteroatoms. The van der Waals surface area contributed by atoms with Crippen molar-refractivity contribution >= 4 is 11.6 Å². The van der Waals surface area contributed by atoms with Crippen LogP contribution in [0.25, 0.3) is 11.3 Å². The maximum Gasteiger partial charge on any atom is 0.132 e. The Morgan fingerprint density at radius 1 is 1.19 bits per heavy atom. The van der Waals surface area contributed by atoms with Crippen molar-refractivity contribution in [1.29, 1.82) is 0 Å². The Morgan fingerprint density at radius 2 is 1.95 bits per heavy atom. The van der Waals surface area contributed by atoms with Crippen molar-refractivity contribution in [2.45, 2.75) is 32.8 Å². The maximum absolute atomic E-state index is 6.30. The molecule has 1 aliphatic heterocycles. The van der Waals surface area contributed by atoms with Crippen LogP contribution in [0.4, 0.5) is 0 Å². The van der Waals surface area contributed by atoms with E-state index < -0.39 is 0 Å². The van der Waals surface area contributed by atoms with Crippen LogP contribution in [-0.4, -0.2) is 29.4 Å². The molecule has 1 aliphatic rings. The van der Waals surface area contributed by atoms with E-state index in [1.54, 1.807) is 0 Å². The van der Waals surface area contributed by atoms with Crippen LogP contribution in [0.5, 0.6) is 5.75 Å². The number of hydrogen-bond acceptors (Lipinski definition) is 3. The average molecular weight is 306 g/mol. The highest BCUT2D eigenvalue weighted by Crippen LogP contribution is 2.37. The number of aryl methyl sites for hydroxylation is 2. The third kappa shape index (κ3) is 3.06. The van der Waals surface area contributed by atoms with Gasteiger partial charge in [0, 0.05) is 10.6 Å². The van der Waals surface area contributed by atoms with E-state index in [2.05, 4.69) is 15.5 Å². The van der Waals surface area contributed by atoms with Crippen LogP contribution in [0.15, 0.2) is 18.3 Å². The van der Waals surface area contributed by atoms with E-state index in [1.807, 2.05) is 32.2 Å². The summed E-state index contributed by atoms with van der Waals surface area (Å²) in [6.07, 6.45) is 4.14. The van der Waals surface area contributed by atoms with Gasteiger partial charge in [-0.3, -0.25) is 5.10 Å². The van der Waals surface area contributed by atoms with Gasteiger partial charge in [0.25, 0.3) is 0 Å². The van der Waals surface area contributed by atoms with Crippen LogP contribution in [0.2, 0.25) is 5.02 Å². The van der Waals surface area contributed by atoms with Crippen LogP contribution in [0.3, 0.4) is 0 Å². The molecule has 0 radical (unpaired) electrons. The lowest BCUT2D eigenvalue weighted by Crippen LogP contribution is -2.34. The second-order valence-electron chi connectivity index (χ2n) is 5.59. The first-order valence-corrected chi connectivity index (χ1v) is 7.71. The normalized spacial score (nSPS) is 16.1. The summed E-state index contributed by atoms with van der Waals surface area (Å²) in [6, 6.07) is 3.90. The minimum absolute atomic E-state index is 0.258. The van der Waals surface area contributed by atoms with E-state index in [-0.39, 0.29) is 6.10 Å². The van der Waals surface area contributed by atoms with Crippen LogP contribution >= 0.6 is 11.6 Å². The van der Waals surface area contributed by atoms with Gasteiger partial charge in [-0.1, -0.05) is 11.6 Å². The maximum atomic E-state index is 6.30. The lowest BCUT2D eigenvalue weighted by Gasteiger charge is -2.26. The minimum Gasteiger partial charge on any atom is -0.489 e. The summed E-state index contributed by atoms with van der Waals surface area (Å²) in [7, 11) is 0. The van der Waals surface area contributed by atoms with Crippen LogP contribution in [0, 0.1) is 13.8 Å². The predicted octanol–water partition coefficient (Wildman–Crippen LogP) is 3.48. The van der Waals surface area contributed by atoms with Crippen LogP contribution < -0.4 is 10.1 Å². The zero-order valence-electron chi connectivity index (χ0n) is 12.4. The highest BCUT2D eigenvalue weighted by atomic mass is 35.5. The SMILES string of the molecule is Cc1cn[nH]c1-c1cc(Cl)cc(C)c1OC1CCNCC1. The summed E-state index contributed by atoms with van der Waals surface area (Å²) in [6.45, 7) is 6.09. The molecule has 4 nitrogen and oxygen atoms in total. The molecule has 0 spiro atoms. The second kappa shape index (κ2) is 6.08. The Balaban J connectivity index is 2.00. The van der Waals surface area contributed by atoms with Crippen LogP contribution in [-0.2, 0) is 0 Å². The number of H-pyrrole nitrogens is 1. The van der Waals surface area contributed by atoms with E-state index in [4.69, 9.17) is 16.3 Å².